The van der Waals surface area contributed by atoms with Crippen LogP contribution in [0.25, 0.3) is 0 Å². The predicted molar refractivity (Wildman–Crippen MR) is 83.3 cm³/mol. The van der Waals surface area contributed by atoms with Crippen LogP contribution in [0.5, 0.6) is 0 Å². The van der Waals surface area contributed by atoms with E-state index in [9.17, 15) is 9.90 Å². The monoisotopic (exact) mass is 311 g/mol. The molecule has 6 nitrogen and oxygen atoms in total. The number of nitrogens with zero attached hydrogens (tertiary/aromatic N) is 3. The van der Waals surface area contributed by atoms with Gasteiger partial charge in [-0.3, -0.25) is 0 Å². The maximum absolute atomic E-state index is 12.3. The number of carbonyl (C=O) groups excluding carboxylic acids is 1. The van der Waals surface area contributed by atoms with Gasteiger partial charge in [-0.2, -0.15) is 11.8 Å². The third kappa shape index (κ3) is 2.67. The van der Waals surface area contributed by atoms with E-state index in [1.54, 1.807) is 31.0 Å². The number of thioether (sulfide) groups is 1. The summed E-state index contributed by atoms with van der Waals surface area (Å²) in [7, 11) is 1.66. The molecule has 2 unspecified atom stereocenters. The fourth-order valence-corrected chi connectivity index (χ4v) is 2.54. The van der Waals surface area contributed by atoms with Crippen LogP contribution >= 0.6 is 11.8 Å². The van der Waals surface area contributed by atoms with Gasteiger partial charge in [0.15, 0.2) is 17.8 Å². The van der Waals surface area contributed by atoms with Crippen LogP contribution in [0.1, 0.15) is 26.0 Å². The molecule has 0 saturated carbocycles. The fraction of sp³-hybridized carbons (Fsp3) is 0.571. The Labute approximate surface area is 128 Å². The van der Waals surface area contributed by atoms with Gasteiger partial charge in [-0.25, -0.2) is 9.69 Å². The number of anilines is 1. The van der Waals surface area contributed by atoms with Crippen LogP contribution in [0.15, 0.2) is 23.2 Å². The Kier molecular flexibility index (Phi) is 4.34. The highest BCUT2D eigenvalue weighted by atomic mass is 32.2. The summed E-state index contributed by atoms with van der Waals surface area (Å²) in [6.07, 6.45) is 3.22. The van der Waals surface area contributed by atoms with E-state index in [-0.39, 0.29) is 16.8 Å². The number of aliphatic hydroxyl groups excluding tert-OH is 1. The van der Waals surface area contributed by atoms with E-state index in [1.165, 1.54) is 9.80 Å². The van der Waals surface area contributed by atoms with Gasteiger partial charge in [-0.1, -0.05) is 11.2 Å². The smallest absolute Gasteiger partial charge is 0.328 e. The van der Waals surface area contributed by atoms with Gasteiger partial charge in [0, 0.05) is 13.1 Å². The SMILES string of the molecule is C=CCC1C(O)N(c2cc(C(C)(C)SC)on2)C(=O)N1C. The number of hydrogen-bond acceptors (Lipinski definition) is 5. The highest BCUT2D eigenvalue weighted by molar-refractivity contribution is 7.99. The zero-order valence-electron chi connectivity index (χ0n) is 12.7. The standard InChI is InChI=1S/C14H21N3O3S/c1-6-7-9-12(18)17(13(19)16(9)4)11-8-10(20-15-11)14(2,3)21-5/h6,8-9,12,18H,1,7H2,2-5H3. The summed E-state index contributed by atoms with van der Waals surface area (Å²) < 4.78 is 5.10. The van der Waals surface area contributed by atoms with E-state index >= 15 is 0 Å². The lowest BCUT2D eigenvalue weighted by Crippen LogP contribution is -2.36. The average Bonchev–Trinajstić information content (AvgIpc) is 3.00. The molecule has 0 bridgehead atoms. The van der Waals surface area contributed by atoms with Crippen molar-refractivity contribution in [3.63, 3.8) is 0 Å². The lowest BCUT2D eigenvalue weighted by Gasteiger charge is -2.19. The second kappa shape index (κ2) is 5.73. The second-order valence-corrected chi connectivity index (χ2v) is 6.96. The Balaban J connectivity index is 2.30. The molecule has 1 N–H and O–H groups in total. The van der Waals surface area contributed by atoms with Crippen molar-refractivity contribution < 1.29 is 14.4 Å². The summed E-state index contributed by atoms with van der Waals surface area (Å²) in [6, 6.07) is 1.08. The molecule has 1 aromatic rings. The molecule has 1 fully saturated rings. The minimum absolute atomic E-state index is 0.245. The normalized spacial score (nSPS) is 23.0. The fourth-order valence-electron chi connectivity index (χ4n) is 2.24. The summed E-state index contributed by atoms with van der Waals surface area (Å²) in [5.74, 6) is 1.00. The van der Waals surface area contributed by atoms with E-state index in [4.69, 9.17) is 4.52 Å². The number of aliphatic hydroxyl groups is 1. The van der Waals surface area contributed by atoms with Gasteiger partial charge < -0.3 is 14.5 Å². The number of urea groups is 1. The molecule has 0 radical (unpaired) electrons. The molecule has 1 aromatic heterocycles. The quantitative estimate of drug-likeness (QED) is 0.846. The van der Waals surface area contributed by atoms with Crippen LogP contribution in [0.2, 0.25) is 0 Å². The lowest BCUT2D eigenvalue weighted by atomic mass is 10.1. The van der Waals surface area contributed by atoms with Crippen LogP contribution < -0.4 is 4.90 Å². The lowest BCUT2D eigenvalue weighted by molar-refractivity contribution is 0.129. The van der Waals surface area contributed by atoms with Gasteiger partial charge in [0.25, 0.3) is 0 Å². The molecule has 2 rings (SSSR count). The van der Waals surface area contributed by atoms with E-state index < -0.39 is 6.23 Å². The van der Waals surface area contributed by atoms with Gasteiger partial charge >= 0.3 is 6.03 Å². The van der Waals surface area contributed by atoms with E-state index in [0.29, 0.717) is 18.0 Å². The summed E-state index contributed by atoms with van der Waals surface area (Å²) in [6.45, 7) is 7.68. The van der Waals surface area contributed by atoms with Crippen molar-refractivity contribution in [2.24, 2.45) is 0 Å². The molecule has 1 saturated heterocycles. The van der Waals surface area contributed by atoms with Crippen molar-refractivity contribution in [2.45, 2.75) is 37.3 Å². The van der Waals surface area contributed by atoms with E-state index in [2.05, 4.69) is 11.7 Å². The van der Waals surface area contributed by atoms with E-state index in [0.717, 1.165) is 0 Å². The number of carbonyl (C=O) groups is 1. The highest BCUT2D eigenvalue weighted by Crippen LogP contribution is 2.37. The molecule has 0 aliphatic carbocycles. The van der Waals surface area contributed by atoms with Crippen molar-refractivity contribution in [3.8, 4) is 0 Å². The summed E-state index contributed by atoms with van der Waals surface area (Å²) in [5.41, 5.74) is 0. The predicted octanol–water partition coefficient (Wildman–Crippen LogP) is 2.41. The molecule has 2 heterocycles. The number of likely N-dealkylation sites (N-methyl/N-ethyl adjacent to an activating group) is 1. The maximum atomic E-state index is 12.3. The van der Waals surface area contributed by atoms with Crippen molar-refractivity contribution >= 4 is 23.6 Å². The summed E-state index contributed by atoms with van der Waals surface area (Å²) in [5, 5.41) is 14.3. The average molecular weight is 311 g/mol. The van der Waals surface area contributed by atoms with Gasteiger partial charge in [0.05, 0.1) is 10.8 Å². The number of aromatic nitrogens is 1. The van der Waals surface area contributed by atoms with Crippen molar-refractivity contribution in [2.75, 3.05) is 18.2 Å². The largest absolute Gasteiger partial charge is 0.371 e. The first-order chi connectivity index (χ1) is 9.83. The minimum Gasteiger partial charge on any atom is -0.371 e. The van der Waals surface area contributed by atoms with Crippen molar-refractivity contribution in [1.82, 2.24) is 10.1 Å². The Morgan fingerprint density at radius 1 is 1.62 bits per heavy atom. The van der Waals surface area contributed by atoms with Crippen LogP contribution in [-0.2, 0) is 4.75 Å². The number of rotatable bonds is 5. The third-order valence-corrected chi connectivity index (χ3v) is 5.09. The summed E-state index contributed by atoms with van der Waals surface area (Å²) in [4.78, 5) is 15.1. The minimum atomic E-state index is -0.962. The zero-order valence-corrected chi connectivity index (χ0v) is 13.6. The Morgan fingerprint density at radius 2 is 2.29 bits per heavy atom. The molecule has 116 valence electrons. The second-order valence-electron chi connectivity index (χ2n) is 5.53. The van der Waals surface area contributed by atoms with Crippen molar-refractivity contribution in [3.05, 3.63) is 24.5 Å². The van der Waals surface area contributed by atoms with Gasteiger partial charge in [0.2, 0.25) is 0 Å². The van der Waals surface area contributed by atoms with Gasteiger partial charge in [-0.15, -0.1) is 6.58 Å². The molecule has 1 aliphatic rings. The molecule has 1 aliphatic heterocycles. The third-order valence-electron chi connectivity index (χ3n) is 3.87. The molecule has 2 amide bonds. The van der Waals surface area contributed by atoms with Crippen LogP contribution in [0.4, 0.5) is 10.6 Å². The zero-order chi connectivity index (χ0) is 15.8. The van der Waals surface area contributed by atoms with Crippen LogP contribution in [0.3, 0.4) is 0 Å². The molecular formula is C14H21N3O3S. The first kappa shape index (κ1) is 15.9. The Bertz CT molecular complexity index is 543. The van der Waals surface area contributed by atoms with Crippen LogP contribution in [0, 0.1) is 0 Å². The summed E-state index contributed by atoms with van der Waals surface area (Å²) >= 11 is 1.62. The Morgan fingerprint density at radius 3 is 2.86 bits per heavy atom. The highest BCUT2D eigenvalue weighted by Gasteiger charge is 2.44. The molecular weight excluding hydrogens is 290 g/mol. The number of hydrogen-bond donors (Lipinski definition) is 1. The topological polar surface area (TPSA) is 69.8 Å². The first-order valence-corrected chi connectivity index (χ1v) is 7.93. The molecule has 2 atom stereocenters. The van der Waals surface area contributed by atoms with Gasteiger partial charge in [0.1, 0.15) is 0 Å². The van der Waals surface area contributed by atoms with Crippen LogP contribution in [-0.4, -0.2) is 46.8 Å². The molecule has 21 heavy (non-hydrogen) atoms. The molecule has 0 aromatic carbocycles. The first-order valence-electron chi connectivity index (χ1n) is 6.70. The van der Waals surface area contributed by atoms with Gasteiger partial charge in [-0.05, 0) is 26.5 Å². The number of amides is 2. The van der Waals surface area contributed by atoms with Crippen molar-refractivity contribution in [1.29, 1.82) is 0 Å². The van der Waals surface area contributed by atoms with E-state index in [1.807, 2.05) is 20.1 Å². The Hall–Kier alpha value is -1.47. The molecule has 7 heteroatoms. The maximum Gasteiger partial charge on any atom is 0.328 e. The molecule has 0 spiro atoms.